The third-order valence-corrected chi connectivity index (χ3v) is 3.16. The molecule has 0 unspecified atom stereocenters. The average Bonchev–Trinajstić information content (AvgIpc) is 2.43. The van der Waals surface area contributed by atoms with Crippen molar-refractivity contribution in [2.24, 2.45) is 0 Å². The molecule has 2 nitrogen and oxygen atoms in total. The van der Waals surface area contributed by atoms with Crippen LogP contribution in [0.15, 0.2) is 36.4 Å². The van der Waals surface area contributed by atoms with Crippen molar-refractivity contribution in [1.29, 1.82) is 0 Å². The second-order valence-electron chi connectivity index (χ2n) is 4.31. The fourth-order valence-electron chi connectivity index (χ4n) is 1.84. The lowest BCUT2D eigenvalue weighted by Crippen LogP contribution is -2.14. The predicted octanol–water partition coefficient (Wildman–Crippen LogP) is 3.92. The van der Waals surface area contributed by atoms with Crippen LogP contribution in [0.2, 0.25) is 5.02 Å². The Hall–Kier alpha value is -1.65. The summed E-state index contributed by atoms with van der Waals surface area (Å²) >= 11 is 6.01. The molecule has 106 valence electrons. The van der Waals surface area contributed by atoms with Gasteiger partial charge < -0.3 is 10.1 Å². The third kappa shape index (κ3) is 3.68. The van der Waals surface area contributed by atoms with Crippen LogP contribution in [0.1, 0.15) is 11.1 Å². The van der Waals surface area contributed by atoms with E-state index < -0.39 is 11.6 Å². The number of nitrogens with one attached hydrogen (secondary N) is 1. The highest BCUT2D eigenvalue weighted by molar-refractivity contribution is 6.32. The summed E-state index contributed by atoms with van der Waals surface area (Å²) < 4.78 is 31.5. The molecule has 0 saturated carbocycles. The van der Waals surface area contributed by atoms with Crippen molar-refractivity contribution in [3.8, 4) is 5.75 Å². The third-order valence-electron chi connectivity index (χ3n) is 2.87. The number of halogens is 3. The highest BCUT2D eigenvalue weighted by atomic mass is 35.5. The van der Waals surface area contributed by atoms with E-state index in [0.717, 1.165) is 17.7 Å². The van der Waals surface area contributed by atoms with Crippen molar-refractivity contribution >= 4 is 11.6 Å². The first-order valence-electron chi connectivity index (χ1n) is 6.07. The molecule has 1 N–H and O–H groups in total. The normalized spacial score (nSPS) is 10.6. The predicted molar refractivity (Wildman–Crippen MR) is 74.9 cm³/mol. The minimum Gasteiger partial charge on any atom is -0.495 e. The summed E-state index contributed by atoms with van der Waals surface area (Å²) in [6.07, 6.45) is 0. The zero-order valence-electron chi connectivity index (χ0n) is 10.9. The minimum absolute atomic E-state index is 0.243. The van der Waals surface area contributed by atoms with Crippen LogP contribution in [0.3, 0.4) is 0 Å². The van der Waals surface area contributed by atoms with Gasteiger partial charge in [0.05, 0.1) is 12.1 Å². The lowest BCUT2D eigenvalue weighted by Gasteiger charge is -2.08. The van der Waals surface area contributed by atoms with E-state index in [1.807, 2.05) is 6.07 Å². The molecule has 20 heavy (non-hydrogen) atoms. The highest BCUT2D eigenvalue weighted by Crippen LogP contribution is 2.24. The lowest BCUT2D eigenvalue weighted by atomic mass is 10.2. The molecule has 0 saturated heterocycles. The summed E-state index contributed by atoms with van der Waals surface area (Å²) in [6, 6.07) is 8.80. The molecule has 2 aromatic rings. The summed E-state index contributed by atoms with van der Waals surface area (Å²) in [4.78, 5) is 0. The second-order valence-corrected chi connectivity index (χ2v) is 4.72. The van der Waals surface area contributed by atoms with E-state index >= 15 is 0 Å². The lowest BCUT2D eigenvalue weighted by molar-refractivity contribution is 0.415. The van der Waals surface area contributed by atoms with Gasteiger partial charge in [0.2, 0.25) is 0 Å². The fourth-order valence-corrected chi connectivity index (χ4v) is 2.12. The molecule has 0 amide bonds. The quantitative estimate of drug-likeness (QED) is 0.903. The van der Waals surface area contributed by atoms with Crippen LogP contribution in [-0.4, -0.2) is 7.11 Å². The van der Waals surface area contributed by atoms with Crippen LogP contribution in [0.4, 0.5) is 8.78 Å². The number of methoxy groups -OCH3 is 1. The summed E-state index contributed by atoms with van der Waals surface area (Å²) in [7, 11) is 1.55. The van der Waals surface area contributed by atoms with Crippen molar-refractivity contribution < 1.29 is 13.5 Å². The molecular weight excluding hydrogens is 284 g/mol. The molecule has 0 radical (unpaired) electrons. The number of hydrogen-bond acceptors (Lipinski definition) is 2. The standard InChI is InChI=1S/C15H14ClF2NO/c1-20-15-5-2-10(6-13(15)16)8-19-9-11-7-12(17)3-4-14(11)18/h2-7,19H,8-9H2,1H3. The maximum Gasteiger partial charge on any atom is 0.137 e. The highest BCUT2D eigenvalue weighted by Gasteiger charge is 2.05. The summed E-state index contributed by atoms with van der Waals surface area (Å²) in [5, 5.41) is 3.56. The summed E-state index contributed by atoms with van der Waals surface area (Å²) in [5.41, 5.74) is 1.23. The summed E-state index contributed by atoms with van der Waals surface area (Å²) in [5.74, 6) is -0.269. The number of ether oxygens (including phenoxy) is 1. The SMILES string of the molecule is COc1ccc(CNCc2cc(F)ccc2F)cc1Cl. The molecular formula is C15H14ClF2NO. The van der Waals surface area contributed by atoms with E-state index in [2.05, 4.69) is 5.32 Å². The van der Waals surface area contributed by atoms with E-state index in [-0.39, 0.29) is 6.54 Å². The number of hydrogen-bond donors (Lipinski definition) is 1. The van der Waals surface area contributed by atoms with Crippen molar-refractivity contribution in [2.75, 3.05) is 7.11 Å². The van der Waals surface area contributed by atoms with Gasteiger partial charge in [0.25, 0.3) is 0 Å². The van der Waals surface area contributed by atoms with Crippen LogP contribution in [0.5, 0.6) is 5.75 Å². The first-order chi connectivity index (χ1) is 9.60. The molecule has 0 fully saturated rings. The van der Waals surface area contributed by atoms with Crippen LogP contribution in [-0.2, 0) is 13.1 Å². The van der Waals surface area contributed by atoms with Crippen molar-refractivity contribution in [3.05, 3.63) is 64.2 Å². The Morgan fingerprint density at radius 1 is 1.10 bits per heavy atom. The number of rotatable bonds is 5. The molecule has 0 bridgehead atoms. The second kappa shape index (κ2) is 6.68. The molecule has 0 aromatic heterocycles. The number of benzene rings is 2. The van der Waals surface area contributed by atoms with Crippen LogP contribution in [0.25, 0.3) is 0 Å². The molecule has 0 aliphatic heterocycles. The Morgan fingerprint density at radius 3 is 2.60 bits per heavy atom. The maximum absolute atomic E-state index is 13.4. The van der Waals surface area contributed by atoms with Crippen molar-refractivity contribution in [1.82, 2.24) is 5.32 Å². The fraction of sp³-hybridized carbons (Fsp3) is 0.200. The van der Waals surface area contributed by atoms with Gasteiger partial charge in [-0.3, -0.25) is 0 Å². The van der Waals surface area contributed by atoms with E-state index in [9.17, 15) is 8.78 Å². The molecule has 2 aromatic carbocycles. The Labute approximate surface area is 121 Å². The van der Waals surface area contributed by atoms with Crippen LogP contribution < -0.4 is 10.1 Å². The van der Waals surface area contributed by atoms with Gasteiger partial charge in [-0.25, -0.2) is 8.78 Å². The largest absolute Gasteiger partial charge is 0.495 e. The van der Waals surface area contributed by atoms with Crippen molar-refractivity contribution in [2.45, 2.75) is 13.1 Å². The molecule has 0 aliphatic carbocycles. The van der Waals surface area contributed by atoms with Gasteiger partial charge in [0.15, 0.2) is 0 Å². The minimum atomic E-state index is -0.448. The Morgan fingerprint density at radius 2 is 1.90 bits per heavy atom. The Bertz CT molecular complexity index is 604. The Balaban J connectivity index is 1.96. The maximum atomic E-state index is 13.4. The van der Waals surface area contributed by atoms with E-state index in [0.29, 0.717) is 22.9 Å². The van der Waals surface area contributed by atoms with E-state index in [4.69, 9.17) is 16.3 Å². The van der Waals surface area contributed by atoms with Gasteiger partial charge in [-0.15, -0.1) is 0 Å². The van der Waals surface area contributed by atoms with Gasteiger partial charge in [-0.1, -0.05) is 17.7 Å². The van der Waals surface area contributed by atoms with Crippen LogP contribution >= 0.6 is 11.6 Å². The van der Waals surface area contributed by atoms with Gasteiger partial charge in [0, 0.05) is 18.7 Å². The first-order valence-corrected chi connectivity index (χ1v) is 6.45. The molecule has 0 atom stereocenters. The molecule has 0 aliphatic rings. The smallest absolute Gasteiger partial charge is 0.137 e. The van der Waals surface area contributed by atoms with E-state index in [1.165, 1.54) is 6.07 Å². The zero-order valence-corrected chi connectivity index (χ0v) is 11.7. The average molecular weight is 298 g/mol. The Kier molecular flexibility index (Phi) is 4.93. The molecule has 0 spiro atoms. The molecule has 5 heteroatoms. The van der Waals surface area contributed by atoms with Crippen LogP contribution in [0, 0.1) is 11.6 Å². The van der Waals surface area contributed by atoms with Crippen molar-refractivity contribution in [3.63, 3.8) is 0 Å². The first kappa shape index (κ1) is 14.8. The van der Waals surface area contributed by atoms with Gasteiger partial charge in [-0.2, -0.15) is 0 Å². The molecule has 2 rings (SSSR count). The summed E-state index contributed by atoms with van der Waals surface area (Å²) in [6.45, 7) is 0.743. The van der Waals surface area contributed by atoms with Gasteiger partial charge in [0.1, 0.15) is 17.4 Å². The zero-order chi connectivity index (χ0) is 14.5. The molecule has 0 heterocycles. The topological polar surface area (TPSA) is 21.3 Å². The van der Waals surface area contributed by atoms with Gasteiger partial charge in [-0.05, 0) is 35.9 Å². The van der Waals surface area contributed by atoms with E-state index in [1.54, 1.807) is 19.2 Å². The monoisotopic (exact) mass is 297 g/mol. The van der Waals surface area contributed by atoms with Gasteiger partial charge >= 0.3 is 0 Å².